The van der Waals surface area contributed by atoms with Gasteiger partial charge in [0.25, 0.3) is 0 Å². The van der Waals surface area contributed by atoms with Crippen molar-refractivity contribution in [1.29, 1.82) is 0 Å². The van der Waals surface area contributed by atoms with Gasteiger partial charge in [-0.15, -0.1) is 0 Å². The minimum absolute atomic E-state index is 0.169. The molecule has 6 nitrogen and oxygen atoms in total. The first-order valence-electron chi connectivity index (χ1n) is 9.88. The van der Waals surface area contributed by atoms with Crippen LogP contribution in [0.15, 0.2) is 60.9 Å². The van der Waals surface area contributed by atoms with E-state index in [0.717, 1.165) is 21.9 Å². The molecule has 156 valence electrons. The second-order valence-corrected chi connectivity index (χ2v) is 8.28. The maximum absolute atomic E-state index is 12.8. The second-order valence-electron chi connectivity index (χ2n) is 8.28. The first kappa shape index (κ1) is 21.5. The third kappa shape index (κ3) is 5.21. The summed E-state index contributed by atoms with van der Waals surface area (Å²) in [6, 6.07) is 15.0. The highest BCUT2D eigenvalue weighted by atomic mass is 16.5. The van der Waals surface area contributed by atoms with Crippen LogP contribution in [0.3, 0.4) is 0 Å². The van der Waals surface area contributed by atoms with Crippen molar-refractivity contribution in [3.05, 3.63) is 72.1 Å². The summed E-state index contributed by atoms with van der Waals surface area (Å²) < 4.78 is 5.33. The molecule has 0 saturated heterocycles. The van der Waals surface area contributed by atoms with Crippen molar-refractivity contribution in [2.45, 2.75) is 33.3 Å². The van der Waals surface area contributed by atoms with Gasteiger partial charge in [0.05, 0.1) is 11.3 Å². The number of nitrogens with one attached hydrogen (secondary N) is 1. The number of esters is 1. The lowest BCUT2D eigenvalue weighted by molar-refractivity contribution is -0.154. The van der Waals surface area contributed by atoms with E-state index in [9.17, 15) is 9.59 Å². The highest BCUT2D eigenvalue weighted by molar-refractivity contribution is 5.98. The summed E-state index contributed by atoms with van der Waals surface area (Å²) >= 11 is 0. The minimum atomic E-state index is -0.540. The predicted molar refractivity (Wildman–Crippen MR) is 118 cm³/mol. The number of carbonyl (C=O) groups is 2. The number of benzene rings is 2. The molecule has 0 bridgehead atoms. The number of anilines is 1. The van der Waals surface area contributed by atoms with Crippen LogP contribution in [0.25, 0.3) is 10.8 Å². The largest absolute Gasteiger partial charge is 0.460 e. The Balaban J connectivity index is 1.66. The molecule has 0 aliphatic heterocycles. The van der Waals surface area contributed by atoms with E-state index in [2.05, 4.69) is 10.3 Å². The summed E-state index contributed by atoms with van der Waals surface area (Å²) in [4.78, 5) is 28.8. The van der Waals surface area contributed by atoms with Gasteiger partial charge in [-0.2, -0.15) is 0 Å². The summed E-state index contributed by atoms with van der Waals surface area (Å²) in [5, 5.41) is 4.96. The van der Waals surface area contributed by atoms with Crippen molar-refractivity contribution in [1.82, 2.24) is 4.98 Å². The van der Waals surface area contributed by atoms with Crippen molar-refractivity contribution in [2.75, 3.05) is 11.9 Å². The highest BCUT2D eigenvalue weighted by Crippen LogP contribution is 2.22. The SMILES string of the molecule is CC(C)(C)C(=O)OCc1ccc(C(CN)C(=O)Nc2ccc3cnccc3c2)cc1. The van der Waals surface area contributed by atoms with E-state index >= 15 is 0 Å². The Morgan fingerprint density at radius 1 is 1.07 bits per heavy atom. The van der Waals surface area contributed by atoms with E-state index in [-0.39, 0.29) is 25.0 Å². The molecule has 0 radical (unpaired) electrons. The molecule has 2 aromatic carbocycles. The molecule has 30 heavy (non-hydrogen) atoms. The Morgan fingerprint density at radius 2 is 1.80 bits per heavy atom. The Labute approximate surface area is 176 Å². The number of pyridine rings is 1. The molecule has 1 heterocycles. The lowest BCUT2D eigenvalue weighted by Crippen LogP contribution is -2.27. The van der Waals surface area contributed by atoms with Gasteiger partial charge in [0.1, 0.15) is 6.61 Å². The summed E-state index contributed by atoms with van der Waals surface area (Å²) in [5.41, 5.74) is 7.74. The number of hydrogen-bond donors (Lipinski definition) is 2. The monoisotopic (exact) mass is 405 g/mol. The maximum Gasteiger partial charge on any atom is 0.311 e. The number of hydrogen-bond acceptors (Lipinski definition) is 5. The van der Waals surface area contributed by atoms with Crippen LogP contribution in [-0.2, 0) is 20.9 Å². The molecule has 0 spiro atoms. The molecule has 1 aromatic heterocycles. The second kappa shape index (κ2) is 9.05. The third-order valence-corrected chi connectivity index (χ3v) is 4.82. The molecule has 3 aromatic rings. The number of aromatic nitrogens is 1. The molecule has 6 heteroatoms. The average Bonchev–Trinajstić information content (AvgIpc) is 2.72. The van der Waals surface area contributed by atoms with Crippen molar-refractivity contribution in [2.24, 2.45) is 11.1 Å². The number of nitrogens with two attached hydrogens (primary N) is 1. The zero-order valence-electron chi connectivity index (χ0n) is 17.5. The van der Waals surface area contributed by atoms with Gasteiger partial charge in [0.2, 0.25) is 5.91 Å². The number of rotatable bonds is 6. The lowest BCUT2D eigenvalue weighted by Gasteiger charge is -2.18. The number of nitrogens with zero attached hydrogens (tertiary/aromatic N) is 1. The maximum atomic E-state index is 12.8. The van der Waals surface area contributed by atoms with Crippen molar-refractivity contribution in [3.8, 4) is 0 Å². The van der Waals surface area contributed by atoms with Gasteiger partial charge < -0.3 is 15.8 Å². The third-order valence-electron chi connectivity index (χ3n) is 4.82. The minimum Gasteiger partial charge on any atom is -0.460 e. The van der Waals surface area contributed by atoms with Crippen LogP contribution in [0.2, 0.25) is 0 Å². The lowest BCUT2D eigenvalue weighted by atomic mass is 9.96. The average molecular weight is 405 g/mol. The Hall–Kier alpha value is -3.25. The van der Waals surface area contributed by atoms with Crippen LogP contribution in [0.1, 0.15) is 37.8 Å². The highest BCUT2D eigenvalue weighted by Gasteiger charge is 2.23. The molecule has 0 aliphatic rings. The summed E-state index contributed by atoms with van der Waals surface area (Å²) in [5.74, 6) is -0.904. The van der Waals surface area contributed by atoms with Crippen LogP contribution < -0.4 is 11.1 Å². The van der Waals surface area contributed by atoms with E-state index in [4.69, 9.17) is 10.5 Å². The zero-order valence-corrected chi connectivity index (χ0v) is 17.5. The molecule has 0 saturated carbocycles. The molecular weight excluding hydrogens is 378 g/mol. The first-order valence-corrected chi connectivity index (χ1v) is 9.88. The van der Waals surface area contributed by atoms with Crippen LogP contribution in [0.4, 0.5) is 5.69 Å². The fraction of sp³-hybridized carbons (Fsp3) is 0.292. The molecule has 0 fully saturated rings. The fourth-order valence-electron chi connectivity index (χ4n) is 3.00. The van der Waals surface area contributed by atoms with E-state index in [1.54, 1.807) is 12.4 Å². The Morgan fingerprint density at radius 3 is 2.47 bits per heavy atom. The van der Waals surface area contributed by atoms with Crippen LogP contribution in [-0.4, -0.2) is 23.4 Å². The molecule has 1 amide bonds. The van der Waals surface area contributed by atoms with E-state index in [1.165, 1.54) is 0 Å². The molecule has 1 atom stereocenters. The fourth-order valence-corrected chi connectivity index (χ4v) is 3.00. The standard InChI is InChI=1S/C24H27N3O3/c1-24(2,3)23(29)30-15-16-4-6-17(7-5-16)21(13-25)22(28)27-20-9-8-19-14-26-11-10-18(19)12-20/h4-12,14,21H,13,15,25H2,1-3H3,(H,27,28). The number of carbonyl (C=O) groups excluding carboxylic acids is 2. The number of ether oxygens (including phenoxy) is 1. The first-order chi connectivity index (χ1) is 14.3. The van der Waals surface area contributed by atoms with Crippen molar-refractivity contribution in [3.63, 3.8) is 0 Å². The van der Waals surface area contributed by atoms with Gasteiger partial charge in [-0.05, 0) is 55.5 Å². The quantitative estimate of drug-likeness (QED) is 0.605. The van der Waals surface area contributed by atoms with Crippen molar-refractivity contribution < 1.29 is 14.3 Å². The van der Waals surface area contributed by atoms with Gasteiger partial charge in [-0.3, -0.25) is 14.6 Å². The molecule has 3 N–H and O–H groups in total. The smallest absolute Gasteiger partial charge is 0.311 e. The van der Waals surface area contributed by atoms with Crippen LogP contribution >= 0.6 is 0 Å². The summed E-state index contributed by atoms with van der Waals surface area (Å²) in [6.45, 7) is 5.82. The number of fused-ring (bicyclic) bond motifs is 1. The van der Waals surface area contributed by atoms with Crippen molar-refractivity contribution >= 4 is 28.3 Å². The van der Waals surface area contributed by atoms with Gasteiger partial charge >= 0.3 is 5.97 Å². The van der Waals surface area contributed by atoms with Crippen LogP contribution in [0.5, 0.6) is 0 Å². The van der Waals surface area contributed by atoms with Gasteiger partial charge in [0, 0.05) is 30.0 Å². The van der Waals surface area contributed by atoms with Gasteiger partial charge in [-0.25, -0.2) is 0 Å². The van der Waals surface area contributed by atoms with E-state index in [0.29, 0.717) is 5.69 Å². The van der Waals surface area contributed by atoms with Gasteiger partial charge in [-0.1, -0.05) is 30.3 Å². The van der Waals surface area contributed by atoms with E-state index in [1.807, 2.05) is 69.3 Å². The Bertz CT molecular complexity index is 1040. The summed E-state index contributed by atoms with van der Waals surface area (Å²) in [7, 11) is 0. The topological polar surface area (TPSA) is 94.3 Å². The predicted octanol–water partition coefficient (Wildman–Crippen LogP) is 4.01. The van der Waals surface area contributed by atoms with E-state index < -0.39 is 11.3 Å². The molecule has 3 rings (SSSR count). The molecule has 1 unspecified atom stereocenters. The summed E-state index contributed by atoms with van der Waals surface area (Å²) in [6.07, 6.45) is 3.50. The molecular formula is C24H27N3O3. The number of amides is 1. The molecule has 0 aliphatic carbocycles. The zero-order chi connectivity index (χ0) is 21.7. The Kier molecular flexibility index (Phi) is 6.47. The van der Waals surface area contributed by atoms with Gasteiger partial charge in [0.15, 0.2) is 0 Å². The van der Waals surface area contributed by atoms with Crippen LogP contribution in [0, 0.1) is 5.41 Å². The normalized spacial score (nSPS) is 12.4.